The Morgan fingerprint density at radius 2 is 2.41 bits per heavy atom. The molecule has 1 aliphatic rings. The lowest BCUT2D eigenvalue weighted by atomic mass is 10.2. The first-order valence-corrected chi connectivity index (χ1v) is 6.48. The number of aromatic nitrogens is 1. The van der Waals surface area contributed by atoms with Crippen molar-refractivity contribution in [2.75, 3.05) is 25.1 Å². The van der Waals surface area contributed by atoms with E-state index in [-0.39, 0.29) is 17.5 Å². The van der Waals surface area contributed by atoms with Crippen LogP contribution < -0.4 is 5.56 Å². The number of aromatic amines is 1. The van der Waals surface area contributed by atoms with Crippen LogP contribution in [0.2, 0.25) is 0 Å². The van der Waals surface area contributed by atoms with Gasteiger partial charge in [0.05, 0.1) is 24.8 Å². The number of alkyl halides is 1. The quantitative estimate of drug-likeness (QED) is 0.814. The second-order valence-corrected chi connectivity index (χ2v) is 4.47. The van der Waals surface area contributed by atoms with E-state index < -0.39 is 0 Å². The summed E-state index contributed by atoms with van der Waals surface area (Å²) in [6, 6.07) is 2.95. The van der Waals surface area contributed by atoms with Crippen molar-refractivity contribution in [2.45, 2.75) is 6.04 Å². The van der Waals surface area contributed by atoms with Crippen LogP contribution in [0.15, 0.2) is 23.1 Å². The van der Waals surface area contributed by atoms with Crippen LogP contribution in [-0.2, 0) is 4.74 Å². The third-order valence-corrected chi connectivity index (χ3v) is 3.45. The number of nitrogens with one attached hydrogen (secondary N) is 1. The third kappa shape index (κ3) is 2.76. The summed E-state index contributed by atoms with van der Waals surface area (Å²) in [5.74, 6) is -0.0750. The topological polar surface area (TPSA) is 62.4 Å². The van der Waals surface area contributed by atoms with Gasteiger partial charge in [-0.3, -0.25) is 9.59 Å². The Morgan fingerprint density at radius 3 is 3.06 bits per heavy atom. The average Bonchev–Trinajstić information content (AvgIpc) is 2.39. The molecule has 1 aromatic rings. The van der Waals surface area contributed by atoms with E-state index in [2.05, 4.69) is 20.9 Å². The number of ether oxygens (including phenoxy) is 1. The van der Waals surface area contributed by atoms with Gasteiger partial charge in [-0.2, -0.15) is 0 Å². The van der Waals surface area contributed by atoms with E-state index in [1.54, 1.807) is 11.0 Å². The number of nitrogens with zero attached hydrogens (tertiary/aromatic N) is 1. The van der Waals surface area contributed by atoms with Crippen molar-refractivity contribution < 1.29 is 9.53 Å². The summed E-state index contributed by atoms with van der Waals surface area (Å²) >= 11 is 3.37. The van der Waals surface area contributed by atoms with Crippen molar-refractivity contribution in [3.8, 4) is 0 Å². The van der Waals surface area contributed by atoms with Gasteiger partial charge < -0.3 is 14.6 Å². The Morgan fingerprint density at radius 1 is 1.59 bits per heavy atom. The molecule has 92 valence electrons. The number of H-pyrrole nitrogens is 1. The van der Waals surface area contributed by atoms with Crippen molar-refractivity contribution >= 4 is 21.8 Å². The van der Waals surface area contributed by atoms with Crippen LogP contribution in [0.4, 0.5) is 0 Å². The maximum absolute atomic E-state index is 12.2. The van der Waals surface area contributed by atoms with Crippen molar-refractivity contribution in [1.29, 1.82) is 0 Å². The summed E-state index contributed by atoms with van der Waals surface area (Å²) in [4.78, 5) is 27.4. The number of morpholine rings is 1. The molecule has 6 heteroatoms. The molecule has 1 amide bonds. The van der Waals surface area contributed by atoms with Crippen LogP contribution in [0, 0.1) is 0 Å². The molecule has 0 aromatic carbocycles. The Balaban J connectivity index is 2.18. The number of amides is 1. The van der Waals surface area contributed by atoms with Gasteiger partial charge in [0.25, 0.3) is 5.91 Å². The van der Waals surface area contributed by atoms with Crippen molar-refractivity contribution in [2.24, 2.45) is 0 Å². The summed E-state index contributed by atoms with van der Waals surface area (Å²) in [6.07, 6.45) is 1.45. The van der Waals surface area contributed by atoms with Crippen LogP contribution in [0.5, 0.6) is 0 Å². The minimum Gasteiger partial charge on any atom is -0.377 e. The summed E-state index contributed by atoms with van der Waals surface area (Å²) in [5, 5.41) is 0.683. The van der Waals surface area contributed by atoms with Gasteiger partial charge in [0.1, 0.15) is 0 Å². The molecule has 1 N–H and O–H groups in total. The Kier molecular flexibility index (Phi) is 3.96. The normalized spacial score (nSPS) is 20.3. The molecule has 1 unspecified atom stereocenters. The van der Waals surface area contributed by atoms with Gasteiger partial charge in [-0.05, 0) is 6.07 Å². The molecular weight excluding hydrogens is 288 g/mol. The van der Waals surface area contributed by atoms with Crippen LogP contribution in [0.1, 0.15) is 10.4 Å². The zero-order valence-corrected chi connectivity index (χ0v) is 10.8. The lowest BCUT2D eigenvalue weighted by Crippen LogP contribution is -2.49. The summed E-state index contributed by atoms with van der Waals surface area (Å²) in [5.41, 5.74) is 0.290. The summed E-state index contributed by atoms with van der Waals surface area (Å²) in [7, 11) is 0. The SMILES string of the molecule is O=C(c1ccc(=O)[nH]c1)N1CCOCC1CBr. The molecule has 2 heterocycles. The molecule has 1 aliphatic heterocycles. The molecule has 1 aromatic heterocycles. The van der Waals surface area contributed by atoms with E-state index >= 15 is 0 Å². The van der Waals surface area contributed by atoms with Crippen molar-refractivity contribution in [3.05, 3.63) is 34.2 Å². The third-order valence-electron chi connectivity index (χ3n) is 2.70. The first-order chi connectivity index (χ1) is 8.22. The molecule has 0 radical (unpaired) electrons. The van der Waals surface area contributed by atoms with E-state index in [0.717, 1.165) is 0 Å². The maximum atomic E-state index is 12.2. The lowest BCUT2D eigenvalue weighted by molar-refractivity contribution is 0.00522. The first kappa shape index (κ1) is 12.3. The van der Waals surface area contributed by atoms with Crippen LogP contribution in [-0.4, -0.2) is 46.9 Å². The number of carbonyl (C=O) groups excluding carboxylic acids is 1. The minimum atomic E-state index is -0.208. The Bertz CT molecular complexity index is 440. The minimum absolute atomic E-state index is 0.0446. The highest BCUT2D eigenvalue weighted by molar-refractivity contribution is 9.09. The lowest BCUT2D eigenvalue weighted by Gasteiger charge is -2.34. The van der Waals surface area contributed by atoms with Gasteiger partial charge in [-0.15, -0.1) is 0 Å². The fourth-order valence-electron chi connectivity index (χ4n) is 1.76. The van der Waals surface area contributed by atoms with E-state index in [1.165, 1.54) is 12.3 Å². The van der Waals surface area contributed by atoms with Gasteiger partial charge in [0, 0.05) is 24.1 Å². The molecule has 17 heavy (non-hydrogen) atoms. The molecule has 0 saturated carbocycles. The van der Waals surface area contributed by atoms with Gasteiger partial charge in [-0.25, -0.2) is 0 Å². The Hall–Kier alpha value is -1.14. The second kappa shape index (κ2) is 5.46. The van der Waals surface area contributed by atoms with Crippen LogP contribution in [0.3, 0.4) is 0 Å². The van der Waals surface area contributed by atoms with Gasteiger partial charge in [0.15, 0.2) is 0 Å². The average molecular weight is 301 g/mol. The fraction of sp³-hybridized carbons (Fsp3) is 0.455. The van der Waals surface area contributed by atoms with E-state index in [1.807, 2.05) is 0 Å². The summed E-state index contributed by atoms with van der Waals surface area (Å²) < 4.78 is 5.33. The molecule has 0 bridgehead atoms. The largest absolute Gasteiger partial charge is 0.377 e. The van der Waals surface area contributed by atoms with Crippen molar-refractivity contribution in [1.82, 2.24) is 9.88 Å². The van der Waals surface area contributed by atoms with Gasteiger partial charge in [0.2, 0.25) is 5.56 Å². The zero-order valence-electron chi connectivity index (χ0n) is 9.19. The van der Waals surface area contributed by atoms with Gasteiger partial charge in [-0.1, -0.05) is 15.9 Å². The number of hydrogen-bond acceptors (Lipinski definition) is 3. The maximum Gasteiger partial charge on any atom is 0.255 e. The molecule has 5 nitrogen and oxygen atoms in total. The predicted octanol–water partition coefficient (Wildman–Crippen LogP) is 0.611. The monoisotopic (exact) mass is 300 g/mol. The van der Waals surface area contributed by atoms with Gasteiger partial charge >= 0.3 is 0 Å². The standard InChI is InChI=1S/C11H13BrN2O3/c12-5-9-7-17-4-3-14(9)11(16)8-1-2-10(15)13-6-8/h1-2,6,9H,3-5,7H2,(H,13,15). The number of halogens is 1. The fourth-order valence-corrected chi connectivity index (χ4v) is 2.30. The number of pyridine rings is 1. The zero-order chi connectivity index (χ0) is 12.3. The smallest absolute Gasteiger partial charge is 0.255 e. The van der Waals surface area contributed by atoms with Crippen LogP contribution in [0.25, 0.3) is 0 Å². The van der Waals surface area contributed by atoms with E-state index in [4.69, 9.17) is 4.74 Å². The van der Waals surface area contributed by atoms with Crippen LogP contribution >= 0.6 is 15.9 Å². The molecule has 1 saturated heterocycles. The number of carbonyl (C=O) groups is 1. The highest BCUT2D eigenvalue weighted by Crippen LogP contribution is 2.13. The molecular formula is C11H13BrN2O3. The molecule has 2 rings (SSSR count). The predicted molar refractivity (Wildman–Crippen MR) is 66.5 cm³/mol. The number of hydrogen-bond donors (Lipinski definition) is 1. The molecule has 0 spiro atoms. The highest BCUT2D eigenvalue weighted by atomic mass is 79.9. The Labute approximate surface area is 107 Å². The first-order valence-electron chi connectivity index (χ1n) is 5.36. The van der Waals surface area contributed by atoms with Crippen molar-refractivity contribution in [3.63, 3.8) is 0 Å². The highest BCUT2D eigenvalue weighted by Gasteiger charge is 2.27. The second-order valence-electron chi connectivity index (χ2n) is 3.82. The summed E-state index contributed by atoms with van der Waals surface area (Å²) in [6.45, 7) is 1.67. The molecule has 1 atom stereocenters. The van der Waals surface area contributed by atoms with E-state index in [9.17, 15) is 9.59 Å². The van der Waals surface area contributed by atoms with E-state index in [0.29, 0.717) is 30.7 Å². The number of rotatable bonds is 2. The molecule has 1 fully saturated rings. The molecule has 0 aliphatic carbocycles.